The smallest absolute Gasteiger partial charge is 0.0709 e. The van der Waals surface area contributed by atoms with Gasteiger partial charge in [0.15, 0.2) is 0 Å². The van der Waals surface area contributed by atoms with Crippen molar-refractivity contribution >= 4 is 19.7 Å². The SMILES string of the molecule is C[Si](C)(CCl)[C]1[CH][CH][CH][CH]1. The van der Waals surface area contributed by atoms with Crippen molar-refractivity contribution in [3.8, 4) is 0 Å². The summed E-state index contributed by atoms with van der Waals surface area (Å²) in [6.07, 6.45) is 8.51. The lowest BCUT2D eigenvalue weighted by Crippen LogP contribution is -2.36. The molecule has 0 aromatic carbocycles. The van der Waals surface area contributed by atoms with Crippen LogP contribution in [0.2, 0.25) is 13.1 Å². The Hall–Kier alpha value is 0.507. The number of alkyl halides is 1. The van der Waals surface area contributed by atoms with Crippen molar-refractivity contribution in [2.75, 3.05) is 5.50 Å². The minimum absolute atomic E-state index is 0.816. The quantitative estimate of drug-likeness (QED) is 0.442. The van der Waals surface area contributed by atoms with Crippen LogP contribution in [0.1, 0.15) is 0 Å². The van der Waals surface area contributed by atoms with E-state index < -0.39 is 8.07 Å². The molecule has 10 heavy (non-hydrogen) atoms. The zero-order valence-corrected chi connectivity index (χ0v) is 8.15. The van der Waals surface area contributed by atoms with E-state index in [1.54, 1.807) is 0 Å². The average molecular weight is 172 g/mol. The normalized spacial score (nSPS) is 21.9. The largest absolute Gasteiger partial charge is 0.130 e. The first-order chi connectivity index (χ1) is 4.67. The first-order valence-electron chi connectivity index (χ1n) is 3.45. The molecule has 0 nitrogen and oxygen atoms in total. The molecule has 1 aliphatic rings. The molecule has 1 rings (SSSR count). The van der Waals surface area contributed by atoms with Crippen LogP contribution >= 0.6 is 11.6 Å². The van der Waals surface area contributed by atoms with Crippen LogP contribution in [0.25, 0.3) is 0 Å². The summed E-state index contributed by atoms with van der Waals surface area (Å²) in [5.41, 5.74) is 2.28. The van der Waals surface area contributed by atoms with Crippen LogP contribution in [0.15, 0.2) is 0 Å². The molecular weight excluding hydrogens is 160 g/mol. The fourth-order valence-electron chi connectivity index (χ4n) is 0.902. The van der Waals surface area contributed by atoms with E-state index in [2.05, 4.69) is 38.8 Å². The monoisotopic (exact) mass is 171 g/mol. The number of halogens is 1. The third-order valence-electron chi connectivity index (χ3n) is 1.78. The highest BCUT2D eigenvalue weighted by molar-refractivity contribution is 6.88. The van der Waals surface area contributed by atoms with Gasteiger partial charge in [0.2, 0.25) is 0 Å². The minimum Gasteiger partial charge on any atom is -0.130 e. The molecule has 0 saturated heterocycles. The van der Waals surface area contributed by atoms with Gasteiger partial charge in [0.05, 0.1) is 8.07 Å². The summed E-state index contributed by atoms with van der Waals surface area (Å²) in [7, 11) is -1.24. The molecule has 0 spiro atoms. The van der Waals surface area contributed by atoms with E-state index in [9.17, 15) is 0 Å². The number of rotatable bonds is 2. The molecule has 0 N–H and O–H groups in total. The van der Waals surface area contributed by atoms with Gasteiger partial charge in [-0.15, -0.1) is 11.6 Å². The zero-order chi connectivity index (χ0) is 7.61. The van der Waals surface area contributed by atoms with E-state index in [4.69, 9.17) is 11.6 Å². The lowest BCUT2D eigenvalue weighted by atomic mass is 10.4. The van der Waals surface area contributed by atoms with Crippen LogP contribution in [-0.2, 0) is 0 Å². The zero-order valence-electron chi connectivity index (χ0n) is 6.39. The molecule has 0 amide bonds. The second-order valence-corrected chi connectivity index (χ2v) is 8.61. The van der Waals surface area contributed by atoms with Gasteiger partial charge in [-0.05, 0) is 31.2 Å². The first-order valence-corrected chi connectivity index (χ1v) is 7.19. The Morgan fingerprint density at radius 3 is 2.20 bits per heavy atom. The Kier molecular flexibility index (Phi) is 2.81. The summed E-state index contributed by atoms with van der Waals surface area (Å²) >= 11 is 5.85. The van der Waals surface area contributed by atoms with E-state index >= 15 is 0 Å². The van der Waals surface area contributed by atoms with Gasteiger partial charge >= 0.3 is 0 Å². The van der Waals surface area contributed by atoms with E-state index in [1.165, 1.54) is 5.54 Å². The summed E-state index contributed by atoms with van der Waals surface area (Å²) in [5, 5.41) is 0. The summed E-state index contributed by atoms with van der Waals surface area (Å²) in [6, 6.07) is 0. The highest BCUT2D eigenvalue weighted by Crippen LogP contribution is 2.32. The van der Waals surface area contributed by atoms with Crippen molar-refractivity contribution in [2.45, 2.75) is 13.1 Å². The Balaban J connectivity index is 2.45. The second-order valence-electron chi connectivity index (χ2n) is 3.19. The molecule has 0 bridgehead atoms. The summed E-state index contributed by atoms with van der Waals surface area (Å²) in [4.78, 5) is 0. The molecule has 5 radical (unpaired) electrons. The van der Waals surface area contributed by atoms with Gasteiger partial charge in [-0.3, -0.25) is 0 Å². The summed E-state index contributed by atoms with van der Waals surface area (Å²) in [5.74, 6) is 0. The van der Waals surface area contributed by atoms with Crippen LogP contribution in [0, 0.1) is 31.2 Å². The maximum Gasteiger partial charge on any atom is 0.0709 e. The second kappa shape index (κ2) is 3.27. The van der Waals surface area contributed by atoms with Crippen LogP contribution in [0.3, 0.4) is 0 Å². The predicted octanol–water partition coefficient (Wildman–Crippen LogP) is 2.42. The first kappa shape index (κ1) is 8.60. The highest BCUT2D eigenvalue weighted by Gasteiger charge is 2.33. The van der Waals surface area contributed by atoms with E-state index in [1.807, 2.05) is 0 Å². The van der Waals surface area contributed by atoms with Gasteiger partial charge < -0.3 is 0 Å². The van der Waals surface area contributed by atoms with Gasteiger partial charge in [-0.1, -0.05) is 13.1 Å². The van der Waals surface area contributed by atoms with Crippen molar-refractivity contribution in [1.82, 2.24) is 0 Å². The molecule has 2 heteroatoms. The molecule has 0 aliphatic heterocycles. The Labute approximate surface area is 70.0 Å². The van der Waals surface area contributed by atoms with Gasteiger partial charge in [-0.25, -0.2) is 0 Å². The lowest BCUT2D eigenvalue weighted by Gasteiger charge is -2.25. The van der Waals surface area contributed by atoms with Crippen LogP contribution < -0.4 is 0 Å². The molecule has 0 unspecified atom stereocenters. The van der Waals surface area contributed by atoms with E-state index in [0.717, 1.165) is 5.50 Å². The maximum atomic E-state index is 5.85. The predicted molar refractivity (Wildman–Crippen MR) is 48.6 cm³/mol. The third-order valence-corrected chi connectivity index (χ3v) is 6.35. The number of hydrogen-bond donors (Lipinski definition) is 0. The van der Waals surface area contributed by atoms with Crippen LogP contribution in [0.5, 0.6) is 0 Å². The standard InChI is InChI=1S/C8H12ClSi/c1-10(2,7-9)8-5-3-4-6-8/h3-6H,7H2,1-2H3. The fraction of sp³-hybridized carbons (Fsp3) is 0.375. The van der Waals surface area contributed by atoms with E-state index in [-0.39, 0.29) is 0 Å². The van der Waals surface area contributed by atoms with Crippen LogP contribution in [-0.4, -0.2) is 13.6 Å². The molecule has 1 fully saturated rings. The van der Waals surface area contributed by atoms with Crippen molar-refractivity contribution in [3.63, 3.8) is 0 Å². The molecular formula is C8H12ClSi. The van der Waals surface area contributed by atoms with Crippen molar-refractivity contribution in [3.05, 3.63) is 31.2 Å². The molecule has 0 aromatic rings. The van der Waals surface area contributed by atoms with E-state index in [0.29, 0.717) is 0 Å². The van der Waals surface area contributed by atoms with Gasteiger partial charge in [-0.2, -0.15) is 0 Å². The highest BCUT2D eigenvalue weighted by atomic mass is 35.5. The number of hydrogen-bond acceptors (Lipinski definition) is 0. The molecule has 1 aliphatic carbocycles. The van der Waals surface area contributed by atoms with Crippen LogP contribution in [0.4, 0.5) is 0 Å². The summed E-state index contributed by atoms with van der Waals surface area (Å²) < 4.78 is 0. The van der Waals surface area contributed by atoms with Crippen molar-refractivity contribution in [2.24, 2.45) is 0 Å². The molecule has 0 heterocycles. The maximum absolute atomic E-state index is 5.85. The lowest BCUT2D eigenvalue weighted by molar-refractivity contribution is 1.39. The van der Waals surface area contributed by atoms with Gasteiger partial charge in [0.25, 0.3) is 0 Å². The topological polar surface area (TPSA) is 0 Å². The van der Waals surface area contributed by atoms with Gasteiger partial charge in [0.1, 0.15) is 0 Å². The van der Waals surface area contributed by atoms with Gasteiger partial charge in [0, 0.05) is 5.50 Å². The van der Waals surface area contributed by atoms with Crippen molar-refractivity contribution < 1.29 is 0 Å². The molecule has 55 valence electrons. The average Bonchev–Trinajstić information content (AvgIpc) is 2.38. The molecule has 1 saturated carbocycles. The third kappa shape index (κ3) is 1.76. The Morgan fingerprint density at radius 2 is 1.80 bits per heavy atom. The minimum atomic E-state index is -1.24. The molecule has 0 aromatic heterocycles. The van der Waals surface area contributed by atoms with Crippen molar-refractivity contribution in [1.29, 1.82) is 0 Å². The Morgan fingerprint density at radius 1 is 1.30 bits per heavy atom. The Bertz CT molecular complexity index is 106. The summed E-state index contributed by atoms with van der Waals surface area (Å²) in [6.45, 7) is 4.57. The molecule has 0 atom stereocenters. The fourth-order valence-corrected chi connectivity index (χ4v) is 2.61.